The van der Waals surface area contributed by atoms with Gasteiger partial charge in [0, 0.05) is 11.1 Å². The highest BCUT2D eigenvalue weighted by atomic mass is 15.3. The van der Waals surface area contributed by atoms with Crippen LogP contribution in [-0.4, -0.2) is 14.8 Å². The summed E-state index contributed by atoms with van der Waals surface area (Å²) < 4.78 is 1.98. The van der Waals surface area contributed by atoms with Crippen LogP contribution in [0.15, 0.2) is 49.2 Å². The van der Waals surface area contributed by atoms with E-state index in [-0.39, 0.29) is 0 Å². The summed E-state index contributed by atoms with van der Waals surface area (Å²) in [4.78, 5) is 4.51. The minimum Gasteiger partial charge on any atom is -0.259 e. The van der Waals surface area contributed by atoms with Gasteiger partial charge >= 0.3 is 0 Å². The molecule has 19 heavy (non-hydrogen) atoms. The van der Waals surface area contributed by atoms with E-state index in [2.05, 4.69) is 34.9 Å². The van der Waals surface area contributed by atoms with Crippen LogP contribution >= 0.6 is 0 Å². The van der Waals surface area contributed by atoms with Crippen LogP contribution in [0.2, 0.25) is 0 Å². The fourth-order valence-electron chi connectivity index (χ4n) is 2.20. The van der Waals surface area contributed by atoms with Gasteiger partial charge in [0.05, 0.1) is 24.0 Å². The molecule has 3 nitrogen and oxygen atoms in total. The van der Waals surface area contributed by atoms with E-state index in [0.717, 1.165) is 27.9 Å². The van der Waals surface area contributed by atoms with Gasteiger partial charge in [0.1, 0.15) is 0 Å². The lowest BCUT2D eigenvalue weighted by atomic mass is 10.1. The zero-order valence-electron chi connectivity index (χ0n) is 10.9. The lowest BCUT2D eigenvalue weighted by Crippen LogP contribution is -2.03. The molecule has 94 valence electrons. The number of nitrogens with zero attached hydrogens (tertiary/aromatic N) is 3. The van der Waals surface area contributed by atoms with Gasteiger partial charge in [-0.15, -0.1) is 0 Å². The number of rotatable bonds is 3. The molecule has 0 atom stereocenters. The molecule has 3 rings (SSSR count). The Morgan fingerprint density at radius 2 is 2.16 bits per heavy atom. The van der Waals surface area contributed by atoms with Crippen molar-refractivity contribution in [1.82, 2.24) is 14.8 Å². The fraction of sp³-hybridized carbons (Fsp3) is 0.125. The van der Waals surface area contributed by atoms with Crippen LogP contribution in [0.1, 0.15) is 17.0 Å². The Bertz CT molecular complexity index is 741. The van der Waals surface area contributed by atoms with Crippen molar-refractivity contribution in [3.8, 4) is 0 Å². The molecule has 1 aromatic carbocycles. The molecule has 3 heteroatoms. The minimum absolute atomic E-state index is 0.693. The van der Waals surface area contributed by atoms with Gasteiger partial charge in [0.15, 0.2) is 0 Å². The Morgan fingerprint density at radius 3 is 2.95 bits per heavy atom. The number of benzene rings is 1. The zero-order valence-corrected chi connectivity index (χ0v) is 10.9. The Labute approximate surface area is 112 Å². The lowest BCUT2D eigenvalue weighted by molar-refractivity contribution is 0.694. The molecule has 0 aliphatic rings. The fourth-order valence-corrected chi connectivity index (χ4v) is 2.20. The first kappa shape index (κ1) is 11.7. The summed E-state index contributed by atoms with van der Waals surface area (Å²) in [5, 5.41) is 5.57. The predicted octanol–water partition coefficient (Wildman–Crippen LogP) is 3.43. The van der Waals surface area contributed by atoms with Gasteiger partial charge in [0.25, 0.3) is 0 Å². The summed E-state index contributed by atoms with van der Waals surface area (Å²) in [7, 11) is 0. The molecule has 0 N–H and O–H groups in total. The van der Waals surface area contributed by atoms with Crippen molar-refractivity contribution >= 4 is 17.0 Å². The highest BCUT2D eigenvalue weighted by Crippen LogP contribution is 2.17. The summed E-state index contributed by atoms with van der Waals surface area (Å²) in [6.45, 7) is 6.48. The van der Waals surface area contributed by atoms with E-state index in [1.165, 1.54) is 0 Å². The van der Waals surface area contributed by atoms with Gasteiger partial charge in [-0.1, -0.05) is 24.8 Å². The van der Waals surface area contributed by atoms with Crippen LogP contribution in [0.3, 0.4) is 0 Å². The van der Waals surface area contributed by atoms with Crippen molar-refractivity contribution in [2.75, 3.05) is 0 Å². The molecule has 0 aliphatic carbocycles. The van der Waals surface area contributed by atoms with Crippen molar-refractivity contribution in [3.63, 3.8) is 0 Å². The van der Waals surface area contributed by atoms with E-state index in [0.29, 0.717) is 6.54 Å². The number of fused-ring (bicyclic) bond motifs is 1. The smallest absolute Gasteiger partial charge is 0.0838 e. The third kappa shape index (κ3) is 2.27. The summed E-state index contributed by atoms with van der Waals surface area (Å²) in [6, 6.07) is 12.3. The molecule has 2 aromatic heterocycles. The molecule has 0 spiro atoms. The first-order valence-electron chi connectivity index (χ1n) is 6.27. The number of pyridine rings is 1. The Balaban J connectivity index is 1.99. The molecule has 0 bridgehead atoms. The van der Waals surface area contributed by atoms with Crippen LogP contribution < -0.4 is 0 Å². The monoisotopic (exact) mass is 249 g/mol. The lowest BCUT2D eigenvalue weighted by Gasteiger charge is -2.04. The Kier molecular flexibility index (Phi) is 2.88. The summed E-state index contributed by atoms with van der Waals surface area (Å²) in [5.41, 5.74) is 4.29. The van der Waals surface area contributed by atoms with Gasteiger partial charge in [-0.3, -0.25) is 9.67 Å². The normalized spacial score (nSPS) is 10.8. The van der Waals surface area contributed by atoms with Crippen LogP contribution in [0, 0.1) is 6.92 Å². The highest BCUT2D eigenvalue weighted by molar-refractivity contribution is 5.81. The summed E-state index contributed by atoms with van der Waals surface area (Å²) >= 11 is 0. The third-order valence-electron chi connectivity index (χ3n) is 3.16. The van der Waals surface area contributed by atoms with Gasteiger partial charge < -0.3 is 0 Å². The Morgan fingerprint density at radius 1 is 1.26 bits per heavy atom. The summed E-state index contributed by atoms with van der Waals surface area (Å²) in [6.07, 6.45) is 3.73. The first-order valence-corrected chi connectivity index (χ1v) is 6.27. The first-order chi connectivity index (χ1) is 9.26. The molecule has 0 radical (unpaired) electrons. The second-order valence-electron chi connectivity index (χ2n) is 4.59. The second-order valence-corrected chi connectivity index (χ2v) is 4.59. The predicted molar refractivity (Wildman–Crippen MR) is 77.9 cm³/mol. The standard InChI is InChI=1S/C16H15N3/c1-3-13-7-8-16-14(9-13)10-17-19(16)11-15-6-4-5-12(2)18-15/h3-10H,1,11H2,2H3. The molecule has 0 saturated carbocycles. The zero-order chi connectivity index (χ0) is 13.2. The summed E-state index contributed by atoms with van der Waals surface area (Å²) in [5.74, 6) is 0. The van der Waals surface area contributed by atoms with Gasteiger partial charge in [0.2, 0.25) is 0 Å². The average Bonchev–Trinajstić information content (AvgIpc) is 2.81. The number of aromatic nitrogens is 3. The molecular formula is C16H15N3. The Hall–Kier alpha value is -2.42. The molecule has 0 saturated heterocycles. The van der Waals surface area contributed by atoms with Gasteiger partial charge in [-0.05, 0) is 36.8 Å². The SMILES string of the molecule is C=Cc1ccc2c(cnn2Cc2cccc(C)n2)c1. The van der Waals surface area contributed by atoms with Crippen LogP contribution in [0.25, 0.3) is 17.0 Å². The number of hydrogen-bond acceptors (Lipinski definition) is 2. The maximum absolute atomic E-state index is 4.51. The average molecular weight is 249 g/mol. The van der Waals surface area contributed by atoms with Crippen molar-refractivity contribution in [2.45, 2.75) is 13.5 Å². The van der Waals surface area contributed by atoms with Gasteiger partial charge in [-0.25, -0.2) is 0 Å². The van der Waals surface area contributed by atoms with Gasteiger partial charge in [-0.2, -0.15) is 5.10 Å². The maximum Gasteiger partial charge on any atom is 0.0838 e. The topological polar surface area (TPSA) is 30.7 Å². The van der Waals surface area contributed by atoms with E-state index < -0.39 is 0 Å². The number of hydrogen-bond donors (Lipinski definition) is 0. The van der Waals surface area contributed by atoms with E-state index in [1.54, 1.807) is 0 Å². The molecule has 2 heterocycles. The third-order valence-corrected chi connectivity index (χ3v) is 3.16. The number of aryl methyl sites for hydroxylation is 1. The molecule has 0 aliphatic heterocycles. The van der Waals surface area contributed by atoms with Crippen LogP contribution in [-0.2, 0) is 6.54 Å². The quantitative estimate of drug-likeness (QED) is 0.712. The molecule has 0 unspecified atom stereocenters. The molecule has 0 amide bonds. The van der Waals surface area contributed by atoms with Crippen LogP contribution in [0.4, 0.5) is 0 Å². The van der Waals surface area contributed by atoms with Crippen molar-refractivity contribution in [2.24, 2.45) is 0 Å². The molecule has 0 fully saturated rings. The van der Waals surface area contributed by atoms with E-state index in [1.807, 2.05) is 42.1 Å². The van der Waals surface area contributed by atoms with E-state index in [4.69, 9.17) is 0 Å². The highest BCUT2D eigenvalue weighted by Gasteiger charge is 2.04. The van der Waals surface area contributed by atoms with Crippen molar-refractivity contribution < 1.29 is 0 Å². The van der Waals surface area contributed by atoms with Crippen molar-refractivity contribution in [1.29, 1.82) is 0 Å². The van der Waals surface area contributed by atoms with E-state index >= 15 is 0 Å². The maximum atomic E-state index is 4.51. The second kappa shape index (κ2) is 4.69. The molecular weight excluding hydrogens is 234 g/mol. The molecule has 3 aromatic rings. The largest absolute Gasteiger partial charge is 0.259 e. The minimum atomic E-state index is 0.693. The van der Waals surface area contributed by atoms with Crippen molar-refractivity contribution in [3.05, 3.63) is 66.1 Å². The van der Waals surface area contributed by atoms with Crippen LogP contribution in [0.5, 0.6) is 0 Å². The van der Waals surface area contributed by atoms with E-state index in [9.17, 15) is 0 Å².